The largest absolute Gasteiger partial charge is 0.350 e. The van der Waals surface area contributed by atoms with Crippen LogP contribution < -0.4 is 10.0 Å². The van der Waals surface area contributed by atoms with Gasteiger partial charge in [-0.15, -0.1) is 0 Å². The lowest BCUT2D eigenvalue weighted by molar-refractivity contribution is -0.122. The van der Waals surface area contributed by atoms with E-state index in [0.717, 1.165) is 5.56 Å². The molecule has 1 aromatic carbocycles. The first-order chi connectivity index (χ1) is 12.9. The highest BCUT2D eigenvalue weighted by Gasteiger charge is 2.32. The molecule has 0 spiro atoms. The topological polar surface area (TPSA) is 101 Å². The molecule has 0 radical (unpaired) electrons. The lowest BCUT2D eigenvalue weighted by Crippen LogP contribution is -2.36. The summed E-state index contributed by atoms with van der Waals surface area (Å²) in [6.45, 7) is 4.36. The van der Waals surface area contributed by atoms with Crippen molar-refractivity contribution in [2.45, 2.75) is 37.8 Å². The van der Waals surface area contributed by atoms with Crippen molar-refractivity contribution >= 4 is 21.8 Å². The van der Waals surface area contributed by atoms with Crippen LogP contribution in [0.1, 0.15) is 31.4 Å². The van der Waals surface area contributed by atoms with E-state index in [2.05, 4.69) is 20.0 Å². The number of aromatic nitrogens is 1. The van der Waals surface area contributed by atoms with E-state index in [4.69, 9.17) is 0 Å². The number of rotatable bonds is 6. The fourth-order valence-electron chi connectivity index (χ4n) is 2.86. The second-order valence-electron chi connectivity index (χ2n) is 6.80. The maximum absolute atomic E-state index is 12.7. The number of hydrogen-bond donors (Lipinski definition) is 2. The number of nitrogens with one attached hydrogen (secondary N) is 2. The van der Waals surface area contributed by atoms with Gasteiger partial charge in [0.15, 0.2) is 0 Å². The SMILES string of the molecule is CC(C)CC(N=C1NS(=O)(=O)c2ccccc21)C(=O)NCc1ccncc1. The molecule has 0 fully saturated rings. The van der Waals surface area contributed by atoms with E-state index in [1.807, 2.05) is 26.0 Å². The van der Waals surface area contributed by atoms with Crippen LogP contribution in [0, 0.1) is 5.92 Å². The molecule has 2 heterocycles. The van der Waals surface area contributed by atoms with Crippen molar-refractivity contribution in [3.63, 3.8) is 0 Å². The zero-order valence-corrected chi connectivity index (χ0v) is 16.0. The highest BCUT2D eigenvalue weighted by molar-refractivity contribution is 7.90. The Bertz CT molecular complexity index is 956. The summed E-state index contributed by atoms with van der Waals surface area (Å²) in [5.41, 5.74) is 1.43. The van der Waals surface area contributed by atoms with Crippen LogP contribution in [0.2, 0.25) is 0 Å². The lowest BCUT2D eigenvalue weighted by atomic mass is 10.0. The molecule has 1 aromatic heterocycles. The van der Waals surface area contributed by atoms with E-state index in [1.54, 1.807) is 30.6 Å². The monoisotopic (exact) mass is 386 g/mol. The fraction of sp³-hybridized carbons (Fsp3) is 0.316. The van der Waals surface area contributed by atoms with Crippen molar-refractivity contribution in [2.75, 3.05) is 0 Å². The Hall–Kier alpha value is -2.74. The van der Waals surface area contributed by atoms with Gasteiger partial charge in [0.05, 0.1) is 4.90 Å². The summed E-state index contributed by atoms with van der Waals surface area (Å²) in [4.78, 5) is 21.3. The van der Waals surface area contributed by atoms with E-state index in [9.17, 15) is 13.2 Å². The first kappa shape index (κ1) is 19.0. The predicted molar refractivity (Wildman–Crippen MR) is 103 cm³/mol. The van der Waals surface area contributed by atoms with Crippen molar-refractivity contribution in [1.82, 2.24) is 15.0 Å². The van der Waals surface area contributed by atoms with Crippen LogP contribution in [0.5, 0.6) is 0 Å². The van der Waals surface area contributed by atoms with Crippen LogP contribution >= 0.6 is 0 Å². The Morgan fingerprint density at radius 3 is 2.59 bits per heavy atom. The minimum absolute atomic E-state index is 0.184. The fourth-order valence-corrected chi connectivity index (χ4v) is 4.10. The molecule has 0 bridgehead atoms. The average Bonchev–Trinajstić information content (AvgIpc) is 2.90. The first-order valence-electron chi connectivity index (χ1n) is 8.73. The summed E-state index contributed by atoms with van der Waals surface area (Å²) in [6, 6.07) is 9.59. The summed E-state index contributed by atoms with van der Waals surface area (Å²) in [6.07, 6.45) is 3.84. The van der Waals surface area contributed by atoms with E-state index < -0.39 is 16.1 Å². The molecule has 8 heteroatoms. The molecule has 1 aliphatic heterocycles. The number of hydrogen-bond acceptors (Lipinski definition) is 5. The summed E-state index contributed by atoms with van der Waals surface area (Å²) < 4.78 is 27.0. The highest BCUT2D eigenvalue weighted by Crippen LogP contribution is 2.23. The Kier molecular flexibility index (Phi) is 5.55. The smallest absolute Gasteiger partial charge is 0.263 e. The number of sulfonamides is 1. The molecule has 7 nitrogen and oxygen atoms in total. The second-order valence-corrected chi connectivity index (χ2v) is 8.45. The summed E-state index contributed by atoms with van der Waals surface area (Å²) >= 11 is 0. The van der Waals surface area contributed by atoms with E-state index in [-0.39, 0.29) is 22.6 Å². The quantitative estimate of drug-likeness (QED) is 0.791. The van der Waals surface area contributed by atoms with Crippen molar-refractivity contribution in [3.05, 3.63) is 59.9 Å². The van der Waals surface area contributed by atoms with Crippen LogP contribution in [0.4, 0.5) is 0 Å². The van der Waals surface area contributed by atoms with E-state index in [1.165, 1.54) is 6.07 Å². The number of nitrogens with zero attached hydrogens (tertiary/aromatic N) is 2. The molecular formula is C19H22N4O3S. The van der Waals surface area contributed by atoms with Gasteiger partial charge in [0.2, 0.25) is 5.91 Å². The second kappa shape index (κ2) is 7.87. The normalized spacial score (nSPS) is 17.4. The molecule has 0 saturated heterocycles. The van der Waals surface area contributed by atoms with Crippen LogP contribution in [0.25, 0.3) is 0 Å². The van der Waals surface area contributed by atoms with Gasteiger partial charge in [-0.05, 0) is 42.2 Å². The third-order valence-electron chi connectivity index (χ3n) is 4.16. The number of aliphatic imine (C=N–C) groups is 1. The average molecular weight is 386 g/mol. The molecule has 0 aliphatic carbocycles. The lowest BCUT2D eigenvalue weighted by Gasteiger charge is -2.16. The van der Waals surface area contributed by atoms with E-state index >= 15 is 0 Å². The molecule has 2 N–H and O–H groups in total. The third kappa shape index (κ3) is 4.51. The van der Waals surface area contributed by atoms with Gasteiger partial charge >= 0.3 is 0 Å². The minimum atomic E-state index is -3.63. The van der Waals surface area contributed by atoms with Crippen molar-refractivity contribution in [1.29, 1.82) is 0 Å². The predicted octanol–water partition coefficient (Wildman–Crippen LogP) is 1.85. The molecule has 1 atom stereocenters. The molecule has 3 rings (SSSR count). The Morgan fingerprint density at radius 1 is 1.19 bits per heavy atom. The maximum atomic E-state index is 12.7. The van der Waals surface area contributed by atoms with Gasteiger partial charge < -0.3 is 5.32 Å². The molecule has 27 heavy (non-hydrogen) atoms. The molecule has 1 amide bonds. The number of amidine groups is 1. The molecule has 142 valence electrons. The van der Waals surface area contributed by atoms with Gasteiger partial charge in [-0.2, -0.15) is 0 Å². The van der Waals surface area contributed by atoms with Crippen LogP contribution in [0.15, 0.2) is 58.7 Å². The molecule has 1 aliphatic rings. The van der Waals surface area contributed by atoms with Crippen molar-refractivity contribution < 1.29 is 13.2 Å². The molecule has 0 saturated carbocycles. The summed E-state index contributed by atoms with van der Waals surface area (Å²) in [5.74, 6) is 0.200. The van der Waals surface area contributed by atoms with Gasteiger partial charge in [-0.3, -0.25) is 19.5 Å². The number of carbonyl (C=O) groups excluding carboxylic acids is 1. The van der Waals surface area contributed by atoms with Gasteiger partial charge in [-0.25, -0.2) is 8.42 Å². The van der Waals surface area contributed by atoms with Gasteiger partial charge in [0, 0.05) is 24.5 Å². The molecule has 1 unspecified atom stereocenters. The van der Waals surface area contributed by atoms with Gasteiger partial charge in [-0.1, -0.05) is 26.0 Å². The maximum Gasteiger partial charge on any atom is 0.263 e. The highest BCUT2D eigenvalue weighted by atomic mass is 32.2. The zero-order chi connectivity index (χ0) is 19.4. The third-order valence-corrected chi connectivity index (χ3v) is 5.56. The number of pyridine rings is 1. The summed E-state index contributed by atoms with van der Waals surface area (Å²) in [5, 5.41) is 2.87. The van der Waals surface area contributed by atoms with E-state index in [0.29, 0.717) is 18.5 Å². The number of benzene rings is 1. The first-order valence-corrected chi connectivity index (χ1v) is 10.2. The minimum Gasteiger partial charge on any atom is -0.350 e. The van der Waals surface area contributed by atoms with Crippen molar-refractivity contribution in [3.8, 4) is 0 Å². The number of amides is 1. The van der Waals surface area contributed by atoms with Gasteiger partial charge in [0.1, 0.15) is 11.9 Å². The Labute approximate surface area is 159 Å². The van der Waals surface area contributed by atoms with Crippen LogP contribution in [0.3, 0.4) is 0 Å². The van der Waals surface area contributed by atoms with Crippen LogP contribution in [-0.2, 0) is 21.4 Å². The molecular weight excluding hydrogens is 364 g/mol. The zero-order valence-electron chi connectivity index (χ0n) is 15.2. The Balaban J connectivity index is 1.83. The summed E-state index contributed by atoms with van der Waals surface area (Å²) in [7, 11) is -3.63. The van der Waals surface area contributed by atoms with Crippen molar-refractivity contribution in [2.24, 2.45) is 10.9 Å². The standard InChI is InChI=1S/C19H22N4O3S/c1-13(2)11-16(19(24)21-12-14-7-9-20-10-8-14)22-18-15-5-3-4-6-17(15)27(25,26)23-18/h3-10,13,16H,11-12H2,1-2H3,(H,21,24)(H,22,23). The number of fused-ring (bicyclic) bond motifs is 1. The Morgan fingerprint density at radius 2 is 1.89 bits per heavy atom. The molecule has 2 aromatic rings. The number of carbonyl (C=O) groups is 1. The van der Waals surface area contributed by atoms with Crippen LogP contribution in [-0.4, -0.2) is 31.2 Å². The van der Waals surface area contributed by atoms with Gasteiger partial charge in [0.25, 0.3) is 10.0 Å².